The van der Waals surface area contributed by atoms with Gasteiger partial charge in [-0.3, -0.25) is 4.90 Å². The third-order valence-corrected chi connectivity index (χ3v) is 3.43. The number of nitrogens with zero attached hydrogens (tertiary/aromatic N) is 4. The maximum atomic E-state index is 6.24. The van der Waals surface area contributed by atoms with Gasteiger partial charge in [0.15, 0.2) is 0 Å². The van der Waals surface area contributed by atoms with E-state index in [-0.39, 0.29) is 12.1 Å². The Bertz CT molecular complexity index is 391. The number of hydrogen-bond acceptors (Lipinski definition) is 5. The molecule has 2 N–H and O–H groups in total. The van der Waals surface area contributed by atoms with Crippen LogP contribution in [-0.2, 0) is 0 Å². The molecule has 100 valence electrons. The van der Waals surface area contributed by atoms with Gasteiger partial charge in [0.05, 0.1) is 11.7 Å². The number of nitrogens with two attached hydrogens (primary N) is 1. The molecule has 2 atom stereocenters. The molecule has 0 aliphatic carbocycles. The first-order valence-electron chi connectivity index (χ1n) is 6.63. The fourth-order valence-corrected chi connectivity index (χ4v) is 2.57. The third-order valence-electron chi connectivity index (χ3n) is 3.43. The third kappa shape index (κ3) is 2.62. The van der Waals surface area contributed by atoms with E-state index in [1.54, 1.807) is 0 Å². The molecule has 2 rings (SSSR count). The molecular formula is C13H23N5. The number of rotatable bonds is 4. The van der Waals surface area contributed by atoms with Crippen LogP contribution in [0.1, 0.15) is 31.5 Å². The van der Waals surface area contributed by atoms with Crippen LogP contribution in [0.3, 0.4) is 0 Å². The van der Waals surface area contributed by atoms with Crippen molar-refractivity contribution in [3.8, 4) is 0 Å². The van der Waals surface area contributed by atoms with Crippen molar-refractivity contribution in [1.82, 2.24) is 14.9 Å². The molecule has 0 unspecified atom stereocenters. The summed E-state index contributed by atoms with van der Waals surface area (Å²) in [7, 11) is 3.91. The smallest absolute Gasteiger partial charge is 0.225 e. The van der Waals surface area contributed by atoms with Gasteiger partial charge in [0.25, 0.3) is 0 Å². The lowest BCUT2D eigenvalue weighted by molar-refractivity contribution is 0.244. The zero-order valence-electron chi connectivity index (χ0n) is 11.5. The summed E-state index contributed by atoms with van der Waals surface area (Å²) >= 11 is 0. The van der Waals surface area contributed by atoms with Crippen LogP contribution in [0.5, 0.6) is 0 Å². The summed E-state index contributed by atoms with van der Waals surface area (Å²) in [5.74, 6) is 0.753. The maximum Gasteiger partial charge on any atom is 0.225 e. The van der Waals surface area contributed by atoms with Crippen molar-refractivity contribution in [2.45, 2.75) is 31.8 Å². The molecule has 2 heterocycles. The van der Waals surface area contributed by atoms with Gasteiger partial charge in [0, 0.05) is 32.9 Å². The fraction of sp³-hybridized carbons (Fsp3) is 0.692. The van der Waals surface area contributed by atoms with Crippen LogP contribution >= 0.6 is 0 Å². The molecule has 0 radical (unpaired) electrons. The van der Waals surface area contributed by atoms with E-state index in [1.165, 1.54) is 0 Å². The Morgan fingerprint density at radius 3 is 2.94 bits per heavy atom. The Morgan fingerprint density at radius 2 is 2.28 bits per heavy atom. The van der Waals surface area contributed by atoms with Gasteiger partial charge in [-0.05, 0) is 25.5 Å². The minimum atomic E-state index is 0.182. The van der Waals surface area contributed by atoms with Crippen LogP contribution in [0.4, 0.5) is 5.95 Å². The molecular weight excluding hydrogens is 226 g/mol. The van der Waals surface area contributed by atoms with Crippen LogP contribution in [0.15, 0.2) is 12.3 Å². The molecule has 1 aromatic heterocycles. The molecule has 5 heteroatoms. The van der Waals surface area contributed by atoms with Gasteiger partial charge in [-0.2, -0.15) is 0 Å². The summed E-state index contributed by atoms with van der Waals surface area (Å²) in [4.78, 5) is 13.3. The minimum Gasteiger partial charge on any atom is -0.347 e. The van der Waals surface area contributed by atoms with Gasteiger partial charge >= 0.3 is 0 Å². The quantitative estimate of drug-likeness (QED) is 0.863. The highest BCUT2D eigenvalue weighted by Gasteiger charge is 2.33. The Balaban J connectivity index is 2.25. The lowest BCUT2D eigenvalue weighted by Crippen LogP contribution is -2.33. The van der Waals surface area contributed by atoms with Crippen molar-refractivity contribution in [2.24, 2.45) is 5.73 Å². The average molecular weight is 249 g/mol. The molecule has 0 bridgehead atoms. The molecule has 1 fully saturated rings. The fourth-order valence-electron chi connectivity index (χ4n) is 2.57. The normalized spacial score (nSPS) is 24.4. The second kappa shape index (κ2) is 5.63. The van der Waals surface area contributed by atoms with Gasteiger partial charge in [0.1, 0.15) is 0 Å². The molecule has 0 aromatic carbocycles. The standard InChI is InChI=1S/C13H23N5/c1-4-8-18-9-6-10(14)12(18)11-5-7-15-13(16-11)17(2)3/h5,7,10,12H,4,6,8-9,14H2,1-3H3/t10-,12-/m1/s1. The minimum absolute atomic E-state index is 0.182. The lowest BCUT2D eigenvalue weighted by atomic mass is 10.1. The summed E-state index contributed by atoms with van der Waals surface area (Å²) in [6.07, 6.45) is 4.02. The molecule has 18 heavy (non-hydrogen) atoms. The predicted molar refractivity (Wildman–Crippen MR) is 73.6 cm³/mol. The van der Waals surface area contributed by atoms with Crippen molar-refractivity contribution in [1.29, 1.82) is 0 Å². The summed E-state index contributed by atoms with van der Waals surface area (Å²) in [5.41, 5.74) is 7.29. The molecule has 0 spiro atoms. The first-order chi connectivity index (χ1) is 8.63. The Hall–Kier alpha value is -1.20. The molecule has 1 saturated heterocycles. The van der Waals surface area contributed by atoms with E-state index in [9.17, 15) is 0 Å². The van der Waals surface area contributed by atoms with E-state index < -0.39 is 0 Å². The highest BCUT2D eigenvalue weighted by Crippen LogP contribution is 2.30. The molecule has 0 amide bonds. The predicted octanol–water partition coefficient (Wildman–Crippen LogP) is 1.03. The molecule has 1 aliphatic rings. The second-order valence-corrected chi connectivity index (χ2v) is 5.11. The summed E-state index contributed by atoms with van der Waals surface area (Å²) in [6.45, 7) is 4.35. The van der Waals surface area contributed by atoms with E-state index in [0.29, 0.717) is 0 Å². The van der Waals surface area contributed by atoms with Crippen molar-refractivity contribution >= 4 is 5.95 Å². The number of aromatic nitrogens is 2. The van der Waals surface area contributed by atoms with Crippen molar-refractivity contribution in [2.75, 3.05) is 32.1 Å². The topological polar surface area (TPSA) is 58.3 Å². The average Bonchev–Trinajstić information content (AvgIpc) is 2.71. The number of likely N-dealkylation sites (tertiary alicyclic amines) is 1. The molecule has 1 aromatic rings. The van der Waals surface area contributed by atoms with Crippen molar-refractivity contribution in [3.63, 3.8) is 0 Å². The SMILES string of the molecule is CCCN1CC[C@@H](N)[C@@H]1c1ccnc(N(C)C)n1. The van der Waals surface area contributed by atoms with Gasteiger partial charge in [-0.15, -0.1) is 0 Å². The summed E-state index contributed by atoms with van der Waals surface area (Å²) < 4.78 is 0. The Kier molecular flexibility index (Phi) is 4.14. The van der Waals surface area contributed by atoms with Gasteiger partial charge < -0.3 is 10.6 Å². The van der Waals surface area contributed by atoms with E-state index >= 15 is 0 Å². The zero-order chi connectivity index (χ0) is 13.1. The van der Waals surface area contributed by atoms with Gasteiger partial charge in [0.2, 0.25) is 5.95 Å². The first-order valence-corrected chi connectivity index (χ1v) is 6.63. The Morgan fingerprint density at radius 1 is 1.50 bits per heavy atom. The maximum absolute atomic E-state index is 6.24. The number of anilines is 1. The number of hydrogen-bond donors (Lipinski definition) is 1. The van der Waals surface area contributed by atoms with Crippen LogP contribution in [0, 0.1) is 0 Å². The van der Waals surface area contributed by atoms with Crippen LogP contribution < -0.4 is 10.6 Å². The first kappa shape index (κ1) is 13.2. The second-order valence-electron chi connectivity index (χ2n) is 5.11. The van der Waals surface area contributed by atoms with Gasteiger partial charge in [-0.1, -0.05) is 6.92 Å². The monoisotopic (exact) mass is 249 g/mol. The molecule has 0 saturated carbocycles. The van der Waals surface area contributed by atoms with E-state index in [0.717, 1.165) is 37.6 Å². The lowest BCUT2D eigenvalue weighted by Gasteiger charge is -2.26. The van der Waals surface area contributed by atoms with Crippen LogP contribution in [0.2, 0.25) is 0 Å². The van der Waals surface area contributed by atoms with E-state index in [4.69, 9.17) is 5.73 Å². The summed E-state index contributed by atoms with van der Waals surface area (Å²) in [6, 6.07) is 2.42. The van der Waals surface area contributed by atoms with Crippen LogP contribution in [0.25, 0.3) is 0 Å². The van der Waals surface area contributed by atoms with E-state index in [2.05, 4.69) is 21.8 Å². The molecule has 5 nitrogen and oxygen atoms in total. The highest BCUT2D eigenvalue weighted by molar-refractivity contribution is 5.29. The summed E-state index contributed by atoms with van der Waals surface area (Å²) in [5, 5.41) is 0. The highest BCUT2D eigenvalue weighted by atomic mass is 15.2. The van der Waals surface area contributed by atoms with Crippen LogP contribution in [-0.4, -0.2) is 48.1 Å². The zero-order valence-corrected chi connectivity index (χ0v) is 11.5. The van der Waals surface area contributed by atoms with Crippen molar-refractivity contribution < 1.29 is 0 Å². The van der Waals surface area contributed by atoms with E-state index in [1.807, 2.05) is 31.3 Å². The van der Waals surface area contributed by atoms with Crippen molar-refractivity contribution in [3.05, 3.63) is 18.0 Å². The largest absolute Gasteiger partial charge is 0.347 e. The molecule has 1 aliphatic heterocycles. The Labute approximate surface area is 109 Å². The van der Waals surface area contributed by atoms with Gasteiger partial charge in [-0.25, -0.2) is 9.97 Å².